The predicted octanol–water partition coefficient (Wildman–Crippen LogP) is 3.83. The van der Waals surface area contributed by atoms with Crippen molar-refractivity contribution < 1.29 is 18.0 Å². The summed E-state index contributed by atoms with van der Waals surface area (Å²) in [5.74, 6) is 0.0399. The van der Waals surface area contributed by atoms with E-state index in [4.69, 9.17) is 0 Å². The monoisotopic (exact) mass is 342 g/mol. The molecule has 1 aliphatic rings. The summed E-state index contributed by atoms with van der Waals surface area (Å²) in [6.45, 7) is 6.40. The number of halogens is 3. The van der Waals surface area contributed by atoms with Crippen molar-refractivity contribution in [2.45, 2.75) is 45.8 Å². The Kier molecular flexibility index (Phi) is 5.91. The zero-order valence-corrected chi connectivity index (χ0v) is 14.2. The molecule has 2 rings (SSSR count). The summed E-state index contributed by atoms with van der Waals surface area (Å²) >= 11 is 0. The van der Waals surface area contributed by atoms with Crippen LogP contribution in [0.2, 0.25) is 0 Å². The number of likely N-dealkylation sites (tertiary alicyclic amines) is 1. The predicted molar refractivity (Wildman–Crippen MR) is 87.4 cm³/mol. The van der Waals surface area contributed by atoms with Crippen LogP contribution in [0.15, 0.2) is 24.3 Å². The SMILES string of the molecule is CCCNC(=O)C1(C)CCCN(Cc2cccc(C(F)(F)F)c2)C1. The third-order valence-corrected chi connectivity index (χ3v) is 4.52. The molecule has 1 saturated heterocycles. The third kappa shape index (κ3) is 4.72. The first-order valence-corrected chi connectivity index (χ1v) is 8.41. The van der Waals surface area contributed by atoms with Gasteiger partial charge in [0.1, 0.15) is 0 Å². The number of hydrogen-bond donors (Lipinski definition) is 1. The second kappa shape index (κ2) is 7.55. The molecule has 6 heteroatoms. The van der Waals surface area contributed by atoms with Crippen molar-refractivity contribution in [3.05, 3.63) is 35.4 Å². The van der Waals surface area contributed by atoms with Crippen LogP contribution in [-0.2, 0) is 17.5 Å². The van der Waals surface area contributed by atoms with Gasteiger partial charge in [-0.15, -0.1) is 0 Å². The summed E-state index contributed by atoms with van der Waals surface area (Å²) in [4.78, 5) is 14.4. The summed E-state index contributed by atoms with van der Waals surface area (Å²) in [6, 6.07) is 5.43. The van der Waals surface area contributed by atoms with E-state index in [1.165, 1.54) is 12.1 Å². The highest BCUT2D eigenvalue weighted by Gasteiger charge is 2.37. The van der Waals surface area contributed by atoms with Gasteiger partial charge in [-0.1, -0.05) is 25.1 Å². The number of nitrogens with one attached hydrogen (secondary N) is 1. The summed E-state index contributed by atoms with van der Waals surface area (Å²) in [6.07, 6.45) is -1.77. The average molecular weight is 342 g/mol. The summed E-state index contributed by atoms with van der Waals surface area (Å²) in [7, 11) is 0. The summed E-state index contributed by atoms with van der Waals surface area (Å²) in [5, 5.41) is 2.94. The van der Waals surface area contributed by atoms with E-state index in [9.17, 15) is 18.0 Å². The van der Waals surface area contributed by atoms with Gasteiger partial charge in [-0.3, -0.25) is 9.69 Å². The molecule has 1 aromatic carbocycles. The lowest BCUT2D eigenvalue weighted by molar-refractivity contribution is -0.137. The molecule has 1 aliphatic heterocycles. The van der Waals surface area contributed by atoms with Crippen LogP contribution in [0.5, 0.6) is 0 Å². The van der Waals surface area contributed by atoms with Gasteiger partial charge in [0.2, 0.25) is 5.91 Å². The molecule has 1 heterocycles. The molecule has 1 amide bonds. The van der Waals surface area contributed by atoms with Crippen LogP contribution in [-0.4, -0.2) is 30.4 Å². The zero-order valence-electron chi connectivity index (χ0n) is 14.2. The number of rotatable bonds is 5. The number of alkyl halides is 3. The maximum absolute atomic E-state index is 12.8. The van der Waals surface area contributed by atoms with E-state index >= 15 is 0 Å². The van der Waals surface area contributed by atoms with Crippen molar-refractivity contribution in [2.75, 3.05) is 19.6 Å². The Bertz CT molecular complexity index is 574. The van der Waals surface area contributed by atoms with Crippen LogP contribution >= 0.6 is 0 Å². The largest absolute Gasteiger partial charge is 0.416 e. The van der Waals surface area contributed by atoms with E-state index in [1.54, 1.807) is 6.07 Å². The highest BCUT2D eigenvalue weighted by Crippen LogP contribution is 2.32. The molecular weight excluding hydrogens is 317 g/mol. The van der Waals surface area contributed by atoms with E-state index in [0.29, 0.717) is 25.2 Å². The van der Waals surface area contributed by atoms with E-state index < -0.39 is 17.2 Å². The van der Waals surface area contributed by atoms with Crippen LogP contribution in [0, 0.1) is 5.41 Å². The van der Waals surface area contributed by atoms with Gasteiger partial charge in [-0.25, -0.2) is 0 Å². The highest BCUT2D eigenvalue weighted by atomic mass is 19.4. The van der Waals surface area contributed by atoms with Crippen LogP contribution < -0.4 is 5.32 Å². The Balaban J connectivity index is 2.04. The Morgan fingerprint density at radius 3 is 2.79 bits per heavy atom. The van der Waals surface area contributed by atoms with Crippen molar-refractivity contribution in [2.24, 2.45) is 5.41 Å². The topological polar surface area (TPSA) is 32.3 Å². The smallest absolute Gasteiger partial charge is 0.356 e. The molecule has 3 nitrogen and oxygen atoms in total. The van der Waals surface area contributed by atoms with Gasteiger partial charge < -0.3 is 5.32 Å². The Morgan fingerprint density at radius 2 is 2.12 bits per heavy atom. The van der Waals surface area contributed by atoms with Crippen LogP contribution in [0.4, 0.5) is 13.2 Å². The first kappa shape index (κ1) is 18.8. The van der Waals surface area contributed by atoms with E-state index in [-0.39, 0.29) is 5.91 Å². The fourth-order valence-electron chi connectivity index (χ4n) is 3.22. The van der Waals surface area contributed by atoms with Crippen LogP contribution in [0.3, 0.4) is 0 Å². The number of hydrogen-bond acceptors (Lipinski definition) is 2. The maximum atomic E-state index is 12.8. The highest BCUT2D eigenvalue weighted by molar-refractivity contribution is 5.82. The molecule has 0 radical (unpaired) electrons. The number of carbonyl (C=O) groups is 1. The normalized spacial score (nSPS) is 22.4. The minimum absolute atomic E-state index is 0.0399. The number of amides is 1. The van der Waals surface area contributed by atoms with Gasteiger partial charge in [-0.2, -0.15) is 13.2 Å². The molecule has 0 bridgehead atoms. The number of piperidine rings is 1. The second-order valence-corrected chi connectivity index (χ2v) is 6.83. The molecule has 24 heavy (non-hydrogen) atoms. The Labute approximate surface area is 141 Å². The molecule has 0 aromatic heterocycles. The van der Waals surface area contributed by atoms with Gasteiger partial charge >= 0.3 is 6.18 Å². The van der Waals surface area contributed by atoms with Crippen LogP contribution in [0.25, 0.3) is 0 Å². The van der Waals surface area contributed by atoms with E-state index in [2.05, 4.69) is 10.2 Å². The summed E-state index contributed by atoms with van der Waals surface area (Å²) < 4.78 is 38.5. The van der Waals surface area contributed by atoms with E-state index in [0.717, 1.165) is 31.9 Å². The lowest BCUT2D eigenvalue weighted by Crippen LogP contribution is -2.50. The molecule has 0 spiro atoms. The quantitative estimate of drug-likeness (QED) is 0.882. The van der Waals surface area contributed by atoms with Gasteiger partial charge in [0, 0.05) is 19.6 Å². The van der Waals surface area contributed by atoms with Crippen molar-refractivity contribution in [3.63, 3.8) is 0 Å². The van der Waals surface area contributed by atoms with Gasteiger partial charge in [0.05, 0.1) is 11.0 Å². The summed E-state index contributed by atoms with van der Waals surface area (Å²) in [5.41, 5.74) is -0.474. The minimum atomic E-state index is -4.33. The van der Waals surface area contributed by atoms with Crippen molar-refractivity contribution in [1.29, 1.82) is 0 Å². The maximum Gasteiger partial charge on any atom is 0.416 e. The lowest BCUT2D eigenvalue weighted by atomic mass is 9.80. The zero-order chi connectivity index (χ0) is 17.8. The number of carbonyl (C=O) groups excluding carboxylic acids is 1. The fraction of sp³-hybridized carbons (Fsp3) is 0.611. The second-order valence-electron chi connectivity index (χ2n) is 6.83. The van der Waals surface area contributed by atoms with Crippen molar-refractivity contribution in [1.82, 2.24) is 10.2 Å². The van der Waals surface area contributed by atoms with E-state index in [1.807, 2.05) is 13.8 Å². The Hall–Kier alpha value is -1.56. The molecule has 1 atom stereocenters. The molecule has 1 unspecified atom stereocenters. The van der Waals surface area contributed by atoms with Crippen LogP contribution in [0.1, 0.15) is 44.2 Å². The van der Waals surface area contributed by atoms with Gasteiger partial charge in [0.15, 0.2) is 0 Å². The Morgan fingerprint density at radius 1 is 1.38 bits per heavy atom. The standard InChI is InChI=1S/C18H25F3N2O/c1-3-9-22-16(24)17(2)8-5-10-23(13-17)12-14-6-4-7-15(11-14)18(19,20)21/h4,6-7,11H,3,5,8-10,12-13H2,1-2H3,(H,22,24). The fourth-order valence-corrected chi connectivity index (χ4v) is 3.22. The van der Waals surface area contributed by atoms with Gasteiger partial charge in [0.25, 0.3) is 0 Å². The molecule has 0 aliphatic carbocycles. The van der Waals surface area contributed by atoms with Gasteiger partial charge in [-0.05, 0) is 44.4 Å². The first-order chi connectivity index (χ1) is 11.2. The molecule has 1 fully saturated rings. The van der Waals surface area contributed by atoms with Crippen molar-refractivity contribution >= 4 is 5.91 Å². The molecular formula is C18H25F3N2O. The molecule has 0 saturated carbocycles. The number of benzene rings is 1. The molecule has 134 valence electrons. The molecule has 1 aromatic rings. The minimum Gasteiger partial charge on any atom is -0.356 e. The van der Waals surface area contributed by atoms with Crippen molar-refractivity contribution in [3.8, 4) is 0 Å². The molecule has 1 N–H and O–H groups in total. The number of nitrogens with zero attached hydrogens (tertiary/aromatic N) is 1. The first-order valence-electron chi connectivity index (χ1n) is 8.41. The lowest BCUT2D eigenvalue weighted by Gasteiger charge is -2.39. The third-order valence-electron chi connectivity index (χ3n) is 4.52. The average Bonchev–Trinajstić information content (AvgIpc) is 2.52.